The Morgan fingerprint density at radius 3 is 2.74 bits per heavy atom. The zero-order valence-corrected chi connectivity index (χ0v) is 11.3. The number of rotatable bonds is 3. The highest BCUT2D eigenvalue weighted by molar-refractivity contribution is 6.30. The molecule has 0 heterocycles. The van der Waals surface area contributed by atoms with Gasteiger partial charge in [-0.2, -0.15) is 0 Å². The van der Waals surface area contributed by atoms with Crippen LogP contribution in [0.2, 0.25) is 5.02 Å². The van der Waals surface area contributed by atoms with Gasteiger partial charge >= 0.3 is 0 Å². The highest BCUT2D eigenvalue weighted by atomic mass is 35.5. The molecule has 1 N–H and O–H groups in total. The Kier molecular flexibility index (Phi) is 3.54. The average molecular weight is 276 g/mol. The van der Waals surface area contributed by atoms with Gasteiger partial charge in [0, 0.05) is 17.6 Å². The standard InChI is InChI=1S/C16H15ClFN/c17-13-4-1-11(2-5-13)10-19-16-8-3-12-9-14(18)6-7-15(12)16/h1-2,4-7,9,16,19H,3,8,10H2. The second kappa shape index (κ2) is 5.32. The van der Waals surface area contributed by atoms with Crippen molar-refractivity contribution in [2.24, 2.45) is 0 Å². The minimum Gasteiger partial charge on any atom is -0.306 e. The first-order valence-corrected chi connectivity index (χ1v) is 6.86. The fourth-order valence-electron chi connectivity index (χ4n) is 2.64. The number of halogens is 2. The fourth-order valence-corrected chi connectivity index (χ4v) is 2.77. The highest BCUT2D eigenvalue weighted by Crippen LogP contribution is 2.31. The molecule has 1 aliphatic rings. The van der Waals surface area contributed by atoms with E-state index in [1.165, 1.54) is 11.1 Å². The first kappa shape index (κ1) is 12.6. The van der Waals surface area contributed by atoms with Crippen LogP contribution in [0.5, 0.6) is 0 Å². The van der Waals surface area contributed by atoms with Crippen LogP contribution < -0.4 is 5.32 Å². The second-order valence-corrected chi connectivity index (χ2v) is 5.38. The van der Waals surface area contributed by atoms with Gasteiger partial charge in [0.25, 0.3) is 0 Å². The van der Waals surface area contributed by atoms with E-state index < -0.39 is 0 Å². The van der Waals surface area contributed by atoms with Crippen LogP contribution >= 0.6 is 11.6 Å². The number of aryl methyl sites for hydroxylation is 1. The van der Waals surface area contributed by atoms with Gasteiger partial charge in [-0.3, -0.25) is 0 Å². The van der Waals surface area contributed by atoms with Crippen LogP contribution in [0.3, 0.4) is 0 Å². The Bertz CT molecular complexity index is 580. The molecule has 0 radical (unpaired) electrons. The smallest absolute Gasteiger partial charge is 0.123 e. The van der Waals surface area contributed by atoms with Gasteiger partial charge in [-0.1, -0.05) is 29.8 Å². The van der Waals surface area contributed by atoms with Crippen molar-refractivity contribution in [1.29, 1.82) is 0 Å². The zero-order valence-electron chi connectivity index (χ0n) is 10.5. The van der Waals surface area contributed by atoms with Crippen LogP contribution in [0.25, 0.3) is 0 Å². The highest BCUT2D eigenvalue weighted by Gasteiger charge is 2.21. The predicted molar refractivity (Wildman–Crippen MR) is 75.8 cm³/mol. The molecule has 0 bridgehead atoms. The molecule has 0 aliphatic heterocycles. The van der Waals surface area contributed by atoms with E-state index in [2.05, 4.69) is 5.32 Å². The Morgan fingerprint density at radius 1 is 1.16 bits per heavy atom. The SMILES string of the molecule is Fc1ccc2c(c1)CCC2NCc1ccc(Cl)cc1. The number of hydrogen-bond acceptors (Lipinski definition) is 1. The molecule has 98 valence electrons. The molecule has 0 fully saturated rings. The van der Waals surface area contributed by atoms with Crippen LogP contribution in [0.15, 0.2) is 42.5 Å². The molecule has 0 spiro atoms. The van der Waals surface area contributed by atoms with Crippen molar-refractivity contribution in [2.45, 2.75) is 25.4 Å². The van der Waals surface area contributed by atoms with Crippen LogP contribution in [0.4, 0.5) is 4.39 Å². The molecule has 2 aromatic rings. The van der Waals surface area contributed by atoms with Crippen LogP contribution in [-0.4, -0.2) is 0 Å². The zero-order chi connectivity index (χ0) is 13.2. The maximum Gasteiger partial charge on any atom is 0.123 e. The van der Waals surface area contributed by atoms with Crippen molar-refractivity contribution < 1.29 is 4.39 Å². The fraction of sp³-hybridized carbons (Fsp3) is 0.250. The summed E-state index contributed by atoms with van der Waals surface area (Å²) in [6.07, 6.45) is 1.98. The molecule has 1 nitrogen and oxygen atoms in total. The van der Waals surface area contributed by atoms with Crippen molar-refractivity contribution in [1.82, 2.24) is 5.32 Å². The van der Waals surface area contributed by atoms with E-state index in [9.17, 15) is 4.39 Å². The van der Waals surface area contributed by atoms with E-state index in [1.54, 1.807) is 12.1 Å². The second-order valence-electron chi connectivity index (χ2n) is 4.94. The molecular formula is C16H15ClFN. The van der Waals surface area contributed by atoms with E-state index in [1.807, 2.05) is 30.3 Å². The van der Waals surface area contributed by atoms with Gasteiger partial charge in [-0.15, -0.1) is 0 Å². The van der Waals surface area contributed by atoms with Gasteiger partial charge in [0.1, 0.15) is 5.82 Å². The molecule has 0 aromatic heterocycles. The number of benzene rings is 2. The summed E-state index contributed by atoms with van der Waals surface area (Å²) in [4.78, 5) is 0. The third-order valence-corrected chi connectivity index (χ3v) is 3.90. The van der Waals surface area contributed by atoms with E-state index in [0.29, 0.717) is 6.04 Å². The number of nitrogens with one attached hydrogen (secondary N) is 1. The number of fused-ring (bicyclic) bond motifs is 1. The van der Waals surface area contributed by atoms with Crippen LogP contribution in [0.1, 0.15) is 29.2 Å². The topological polar surface area (TPSA) is 12.0 Å². The van der Waals surface area contributed by atoms with Gasteiger partial charge in [-0.25, -0.2) is 4.39 Å². The lowest BCUT2D eigenvalue weighted by Gasteiger charge is -2.14. The van der Waals surface area contributed by atoms with E-state index in [0.717, 1.165) is 30.0 Å². The summed E-state index contributed by atoms with van der Waals surface area (Å²) in [6.45, 7) is 0.804. The maximum atomic E-state index is 13.1. The molecule has 0 saturated heterocycles. The Morgan fingerprint density at radius 2 is 1.95 bits per heavy atom. The van der Waals surface area contributed by atoms with Gasteiger partial charge in [-0.05, 0) is 53.8 Å². The molecular weight excluding hydrogens is 261 g/mol. The molecule has 3 rings (SSSR count). The largest absolute Gasteiger partial charge is 0.306 e. The summed E-state index contributed by atoms with van der Waals surface area (Å²) >= 11 is 5.86. The minimum absolute atomic E-state index is 0.142. The normalized spacial score (nSPS) is 17.5. The molecule has 0 amide bonds. The van der Waals surface area contributed by atoms with Crippen molar-refractivity contribution in [3.8, 4) is 0 Å². The predicted octanol–water partition coefficient (Wildman–Crippen LogP) is 4.26. The molecule has 1 atom stereocenters. The van der Waals surface area contributed by atoms with Crippen molar-refractivity contribution in [3.63, 3.8) is 0 Å². The van der Waals surface area contributed by atoms with Crippen molar-refractivity contribution in [3.05, 3.63) is 70.0 Å². The lowest BCUT2D eigenvalue weighted by molar-refractivity contribution is 0.530. The van der Waals surface area contributed by atoms with Gasteiger partial charge in [0.2, 0.25) is 0 Å². The van der Waals surface area contributed by atoms with E-state index in [4.69, 9.17) is 11.6 Å². The maximum absolute atomic E-state index is 13.1. The first-order valence-electron chi connectivity index (χ1n) is 6.48. The quantitative estimate of drug-likeness (QED) is 0.883. The summed E-state index contributed by atoms with van der Waals surface area (Å²) in [5, 5.41) is 4.28. The summed E-state index contributed by atoms with van der Waals surface area (Å²) in [7, 11) is 0. The van der Waals surface area contributed by atoms with Crippen LogP contribution in [0, 0.1) is 5.82 Å². The molecule has 0 saturated carbocycles. The summed E-state index contributed by atoms with van der Waals surface area (Å²) in [5.74, 6) is -0.142. The molecule has 19 heavy (non-hydrogen) atoms. The third kappa shape index (κ3) is 2.80. The molecule has 1 aliphatic carbocycles. The lowest BCUT2D eigenvalue weighted by atomic mass is 10.1. The Labute approximate surface area is 117 Å². The first-order chi connectivity index (χ1) is 9.22. The average Bonchev–Trinajstić information content (AvgIpc) is 2.80. The summed E-state index contributed by atoms with van der Waals surface area (Å²) < 4.78 is 13.1. The van der Waals surface area contributed by atoms with Gasteiger partial charge < -0.3 is 5.32 Å². The summed E-state index contributed by atoms with van der Waals surface area (Å²) in [5.41, 5.74) is 3.57. The summed E-state index contributed by atoms with van der Waals surface area (Å²) in [6, 6.07) is 13.3. The van der Waals surface area contributed by atoms with Crippen LogP contribution in [-0.2, 0) is 13.0 Å². The minimum atomic E-state index is -0.142. The molecule has 2 aromatic carbocycles. The lowest BCUT2D eigenvalue weighted by Crippen LogP contribution is -2.18. The van der Waals surface area contributed by atoms with Gasteiger partial charge in [0.15, 0.2) is 0 Å². The molecule has 3 heteroatoms. The van der Waals surface area contributed by atoms with E-state index in [-0.39, 0.29) is 5.82 Å². The Hall–Kier alpha value is -1.38. The monoisotopic (exact) mass is 275 g/mol. The Balaban J connectivity index is 1.68. The van der Waals surface area contributed by atoms with Crippen molar-refractivity contribution >= 4 is 11.6 Å². The van der Waals surface area contributed by atoms with E-state index >= 15 is 0 Å². The third-order valence-electron chi connectivity index (χ3n) is 3.65. The number of hydrogen-bond donors (Lipinski definition) is 1. The van der Waals surface area contributed by atoms with Crippen molar-refractivity contribution in [2.75, 3.05) is 0 Å². The molecule has 1 unspecified atom stereocenters. The van der Waals surface area contributed by atoms with Gasteiger partial charge in [0.05, 0.1) is 0 Å².